The van der Waals surface area contributed by atoms with Crippen LogP contribution in [0.4, 0.5) is 5.69 Å². The highest BCUT2D eigenvalue weighted by atomic mass is 15.4. The Bertz CT molecular complexity index is 740. The molecule has 1 aromatic carbocycles. The SMILES string of the molecule is CC(C)c1cccc(C(C)C)c1N1CC2CCCN(C2)C1=C=NC1CCCCC1. The molecule has 158 valence electrons. The van der Waals surface area contributed by atoms with Crippen LogP contribution in [0.1, 0.15) is 95.6 Å². The number of benzene rings is 1. The average molecular weight is 394 g/mol. The van der Waals surface area contributed by atoms with Gasteiger partial charge in [0.25, 0.3) is 0 Å². The molecule has 0 spiro atoms. The zero-order chi connectivity index (χ0) is 20.4. The van der Waals surface area contributed by atoms with Crippen molar-refractivity contribution in [2.45, 2.75) is 90.5 Å². The Balaban J connectivity index is 1.80. The zero-order valence-electron chi connectivity index (χ0n) is 19.0. The first-order valence-corrected chi connectivity index (χ1v) is 12.0. The molecule has 3 heteroatoms. The van der Waals surface area contributed by atoms with Crippen molar-refractivity contribution in [2.75, 3.05) is 24.5 Å². The molecule has 1 unspecified atom stereocenters. The summed E-state index contributed by atoms with van der Waals surface area (Å²) >= 11 is 0. The molecule has 1 aliphatic carbocycles. The van der Waals surface area contributed by atoms with E-state index < -0.39 is 0 Å². The number of piperidine rings is 1. The summed E-state index contributed by atoms with van der Waals surface area (Å²) in [5.74, 6) is 6.63. The van der Waals surface area contributed by atoms with E-state index in [1.165, 1.54) is 74.1 Å². The molecule has 2 aliphatic heterocycles. The Morgan fingerprint density at radius 1 is 0.897 bits per heavy atom. The molecule has 4 rings (SSSR count). The smallest absolute Gasteiger partial charge is 0.173 e. The van der Waals surface area contributed by atoms with Crippen LogP contribution >= 0.6 is 0 Å². The maximum atomic E-state index is 5.01. The lowest BCUT2D eigenvalue weighted by atomic mass is 9.89. The second-order valence-electron chi connectivity index (χ2n) is 10.0. The van der Waals surface area contributed by atoms with Crippen molar-refractivity contribution in [2.24, 2.45) is 10.9 Å². The molecule has 29 heavy (non-hydrogen) atoms. The van der Waals surface area contributed by atoms with Crippen molar-refractivity contribution in [3.63, 3.8) is 0 Å². The molecular formula is C26H39N3. The fourth-order valence-electron chi connectivity index (χ4n) is 5.43. The summed E-state index contributed by atoms with van der Waals surface area (Å²) in [5.41, 5.74) is 4.37. The summed E-state index contributed by atoms with van der Waals surface area (Å²) in [6.07, 6.45) is 9.16. The number of hydrogen-bond acceptors (Lipinski definition) is 3. The first-order chi connectivity index (χ1) is 14.0. The van der Waals surface area contributed by atoms with Crippen LogP contribution < -0.4 is 4.90 Å². The lowest BCUT2D eigenvalue weighted by Crippen LogP contribution is -2.51. The highest BCUT2D eigenvalue weighted by molar-refractivity contribution is 5.72. The van der Waals surface area contributed by atoms with Gasteiger partial charge in [-0.25, -0.2) is 4.99 Å². The molecule has 2 saturated heterocycles. The molecule has 0 aromatic heterocycles. The predicted molar refractivity (Wildman–Crippen MR) is 124 cm³/mol. The van der Waals surface area contributed by atoms with E-state index in [4.69, 9.17) is 4.99 Å². The number of rotatable bonds is 4. The highest BCUT2D eigenvalue weighted by Gasteiger charge is 2.35. The van der Waals surface area contributed by atoms with Gasteiger partial charge in [0.15, 0.2) is 5.82 Å². The molecule has 0 N–H and O–H groups in total. The van der Waals surface area contributed by atoms with Crippen LogP contribution in [0.3, 0.4) is 0 Å². The molecule has 3 nitrogen and oxygen atoms in total. The van der Waals surface area contributed by atoms with Gasteiger partial charge >= 0.3 is 0 Å². The van der Waals surface area contributed by atoms with E-state index >= 15 is 0 Å². The van der Waals surface area contributed by atoms with Gasteiger partial charge in [-0.1, -0.05) is 65.2 Å². The number of anilines is 1. The van der Waals surface area contributed by atoms with Gasteiger partial charge in [-0.2, -0.15) is 0 Å². The lowest BCUT2D eigenvalue weighted by molar-refractivity contribution is 0.186. The van der Waals surface area contributed by atoms with Gasteiger partial charge in [0.05, 0.1) is 6.04 Å². The number of nitrogens with zero attached hydrogens (tertiary/aromatic N) is 3. The average Bonchev–Trinajstić information content (AvgIpc) is 2.73. The van der Waals surface area contributed by atoms with Crippen molar-refractivity contribution < 1.29 is 0 Å². The molecule has 0 amide bonds. The minimum Gasteiger partial charge on any atom is -0.350 e. The minimum absolute atomic E-state index is 0.477. The van der Waals surface area contributed by atoms with E-state index in [1.807, 2.05) is 0 Å². The van der Waals surface area contributed by atoms with Gasteiger partial charge in [-0.3, -0.25) is 0 Å². The second-order valence-corrected chi connectivity index (χ2v) is 10.0. The predicted octanol–water partition coefficient (Wildman–Crippen LogP) is 6.31. The standard InChI is InChI=1S/C26H39N3/c1-19(2)23-13-8-14-24(20(3)4)26(23)29-18-21-10-9-15-28(17-21)25(29)16-27-22-11-6-5-7-12-22/h8,13-14,19-22H,5-7,9-12,15,17-18H2,1-4H3. The van der Waals surface area contributed by atoms with E-state index in [0.29, 0.717) is 17.9 Å². The fraction of sp³-hybridized carbons (Fsp3) is 0.692. The first kappa shape index (κ1) is 20.5. The van der Waals surface area contributed by atoms with E-state index in [-0.39, 0.29) is 0 Å². The third kappa shape index (κ3) is 4.40. The van der Waals surface area contributed by atoms with E-state index in [0.717, 1.165) is 19.0 Å². The van der Waals surface area contributed by atoms with Gasteiger partial charge in [-0.05, 0) is 54.6 Å². The monoisotopic (exact) mass is 393 g/mol. The Morgan fingerprint density at radius 2 is 1.59 bits per heavy atom. The molecule has 3 aliphatic rings. The molecule has 1 aromatic rings. The number of hydrogen-bond donors (Lipinski definition) is 0. The van der Waals surface area contributed by atoms with E-state index in [2.05, 4.69) is 61.6 Å². The molecule has 1 saturated carbocycles. The van der Waals surface area contributed by atoms with Crippen molar-refractivity contribution >= 4 is 11.6 Å². The van der Waals surface area contributed by atoms with Crippen LogP contribution in [-0.4, -0.2) is 36.4 Å². The van der Waals surface area contributed by atoms with Gasteiger partial charge in [0, 0.05) is 31.2 Å². The maximum Gasteiger partial charge on any atom is 0.173 e. The van der Waals surface area contributed by atoms with Gasteiger partial charge in [-0.15, -0.1) is 0 Å². The van der Waals surface area contributed by atoms with Gasteiger partial charge < -0.3 is 9.80 Å². The Morgan fingerprint density at radius 3 is 2.24 bits per heavy atom. The first-order valence-electron chi connectivity index (χ1n) is 12.0. The normalized spacial score (nSPS) is 23.0. The van der Waals surface area contributed by atoms with Crippen molar-refractivity contribution in [3.8, 4) is 0 Å². The van der Waals surface area contributed by atoms with Gasteiger partial charge in [0.2, 0.25) is 0 Å². The van der Waals surface area contributed by atoms with Crippen LogP contribution in [0.25, 0.3) is 0 Å². The molecule has 2 heterocycles. The summed E-state index contributed by atoms with van der Waals surface area (Å²) < 4.78 is 0. The topological polar surface area (TPSA) is 18.8 Å². The van der Waals surface area contributed by atoms with E-state index in [1.54, 1.807) is 0 Å². The van der Waals surface area contributed by atoms with Crippen LogP contribution in [0.2, 0.25) is 0 Å². The second kappa shape index (κ2) is 8.96. The largest absolute Gasteiger partial charge is 0.350 e. The maximum absolute atomic E-state index is 5.01. The van der Waals surface area contributed by atoms with Crippen LogP contribution in [0.5, 0.6) is 0 Å². The van der Waals surface area contributed by atoms with Gasteiger partial charge in [0.1, 0.15) is 0 Å². The lowest BCUT2D eigenvalue weighted by Gasteiger charge is -2.47. The molecule has 3 fully saturated rings. The van der Waals surface area contributed by atoms with Crippen LogP contribution in [0, 0.1) is 5.92 Å². The molecule has 2 bridgehead atoms. The molecular weight excluding hydrogens is 354 g/mol. The van der Waals surface area contributed by atoms with E-state index in [9.17, 15) is 0 Å². The van der Waals surface area contributed by atoms with Crippen molar-refractivity contribution in [3.05, 3.63) is 35.1 Å². The van der Waals surface area contributed by atoms with Crippen LogP contribution in [-0.2, 0) is 0 Å². The summed E-state index contributed by atoms with van der Waals surface area (Å²) in [7, 11) is 0. The fourth-order valence-corrected chi connectivity index (χ4v) is 5.43. The Hall–Kier alpha value is -1.73. The highest BCUT2D eigenvalue weighted by Crippen LogP contribution is 2.40. The Labute approximate surface area is 177 Å². The zero-order valence-corrected chi connectivity index (χ0v) is 19.0. The third-order valence-electron chi connectivity index (χ3n) is 7.05. The van der Waals surface area contributed by atoms with Crippen molar-refractivity contribution in [1.29, 1.82) is 0 Å². The summed E-state index contributed by atoms with van der Waals surface area (Å²) in [6, 6.07) is 7.40. The minimum atomic E-state index is 0.477. The summed E-state index contributed by atoms with van der Waals surface area (Å²) in [4.78, 5) is 10.2. The van der Waals surface area contributed by atoms with Crippen LogP contribution in [0.15, 0.2) is 29.0 Å². The number of aliphatic imine (C=N–C) groups is 1. The molecule has 0 radical (unpaired) electrons. The summed E-state index contributed by atoms with van der Waals surface area (Å²) in [6.45, 7) is 12.8. The number of fused-ring (bicyclic) bond motifs is 2. The third-order valence-corrected chi connectivity index (χ3v) is 7.05. The summed E-state index contributed by atoms with van der Waals surface area (Å²) in [5, 5.41) is 0. The Kier molecular flexibility index (Phi) is 6.35. The van der Waals surface area contributed by atoms with Crippen molar-refractivity contribution in [1.82, 2.24) is 4.90 Å². The number of para-hydroxylation sites is 1. The molecule has 1 atom stereocenters. The quantitative estimate of drug-likeness (QED) is 0.558.